The van der Waals surface area contributed by atoms with Crippen LogP contribution in [-0.4, -0.2) is 21.9 Å². The van der Waals surface area contributed by atoms with Gasteiger partial charge in [-0.15, -0.1) is 0 Å². The van der Waals surface area contributed by atoms with E-state index in [1.807, 2.05) is 0 Å². The van der Waals surface area contributed by atoms with Crippen molar-refractivity contribution in [3.05, 3.63) is 34.6 Å². The summed E-state index contributed by atoms with van der Waals surface area (Å²) in [4.78, 5) is 0. The number of hydrogen-bond donors (Lipinski definition) is 2. The van der Waals surface area contributed by atoms with Crippen molar-refractivity contribution in [3.8, 4) is 0 Å². The Hall–Kier alpha value is -0.640. The molecule has 2 nitrogen and oxygen atoms in total. The monoisotopic (exact) mass is 258 g/mol. The molecule has 0 heterocycles. The third-order valence-corrected chi connectivity index (χ3v) is 3.87. The van der Waals surface area contributed by atoms with Crippen LogP contribution in [0.5, 0.6) is 0 Å². The molecule has 1 fully saturated rings. The Bertz CT molecular complexity index is 402. The van der Waals surface area contributed by atoms with E-state index in [1.54, 1.807) is 6.07 Å². The zero-order valence-electron chi connectivity index (χ0n) is 9.50. The minimum atomic E-state index is -1.00. The van der Waals surface area contributed by atoms with Crippen LogP contribution >= 0.6 is 11.6 Å². The van der Waals surface area contributed by atoms with Gasteiger partial charge in [-0.1, -0.05) is 30.5 Å². The minimum absolute atomic E-state index is 0.260. The molecule has 0 aromatic heterocycles. The summed E-state index contributed by atoms with van der Waals surface area (Å²) in [6.45, 7) is 0. The molecule has 1 saturated carbocycles. The lowest BCUT2D eigenvalue weighted by Crippen LogP contribution is -2.40. The second kappa shape index (κ2) is 4.92. The SMILES string of the molecule is OC(Cc1ccc(F)cc1Cl)C1(O)CCCC1. The van der Waals surface area contributed by atoms with E-state index in [4.69, 9.17) is 11.6 Å². The highest BCUT2D eigenvalue weighted by Crippen LogP contribution is 2.34. The van der Waals surface area contributed by atoms with Crippen molar-refractivity contribution in [3.63, 3.8) is 0 Å². The average Bonchev–Trinajstić information content (AvgIpc) is 2.71. The topological polar surface area (TPSA) is 40.5 Å². The van der Waals surface area contributed by atoms with E-state index in [1.165, 1.54) is 12.1 Å². The molecule has 1 aliphatic rings. The number of aliphatic hydroxyl groups excluding tert-OH is 1. The Labute approximate surface area is 105 Å². The summed E-state index contributed by atoms with van der Waals surface area (Å²) in [6, 6.07) is 4.09. The van der Waals surface area contributed by atoms with Crippen molar-refractivity contribution in [1.29, 1.82) is 0 Å². The summed E-state index contributed by atoms with van der Waals surface area (Å²) in [5.74, 6) is -0.396. The maximum Gasteiger partial charge on any atom is 0.124 e. The Kier molecular flexibility index (Phi) is 3.71. The zero-order chi connectivity index (χ0) is 12.5. The lowest BCUT2D eigenvalue weighted by molar-refractivity contribution is -0.0689. The van der Waals surface area contributed by atoms with Gasteiger partial charge < -0.3 is 10.2 Å². The number of aliphatic hydroxyl groups is 2. The molecular formula is C13H16ClFO2. The molecule has 1 aromatic rings. The second-order valence-corrected chi connectivity index (χ2v) is 5.17. The van der Waals surface area contributed by atoms with E-state index in [9.17, 15) is 14.6 Å². The summed E-state index contributed by atoms with van der Waals surface area (Å²) in [6.07, 6.45) is 2.53. The molecule has 0 spiro atoms. The fraction of sp³-hybridized carbons (Fsp3) is 0.538. The first-order valence-electron chi connectivity index (χ1n) is 5.86. The molecule has 94 valence electrons. The fourth-order valence-corrected chi connectivity index (χ4v) is 2.65. The Balaban J connectivity index is 2.10. The zero-order valence-corrected chi connectivity index (χ0v) is 10.3. The molecule has 0 bridgehead atoms. The van der Waals surface area contributed by atoms with Crippen molar-refractivity contribution in [1.82, 2.24) is 0 Å². The van der Waals surface area contributed by atoms with E-state index in [2.05, 4.69) is 0 Å². The molecule has 0 amide bonds. The predicted octanol–water partition coefficient (Wildman–Crippen LogP) is 2.69. The normalized spacial score (nSPS) is 20.5. The van der Waals surface area contributed by atoms with Gasteiger partial charge in [-0.3, -0.25) is 0 Å². The summed E-state index contributed by atoms with van der Waals surface area (Å²) < 4.78 is 12.9. The van der Waals surface area contributed by atoms with Crippen LogP contribution in [0.1, 0.15) is 31.2 Å². The Morgan fingerprint density at radius 2 is 2.00 bits per heavy atom. The summed E-state index contributed by atoms with van der Waals surface area (Å²) in [5, 5.41) is 20.5. The minimum Gasteiger partial charge on any atom is -0.390 e. The fourth-order valence-electron chi connectivity index (χ4n) is 2.41. The molecule has 1 unspecified atom stereocenters. The van der Waals surface area contributed by atoms with Crippen LogP contribution in [0.25, 0.3) is 0 Å². The van der Waals surface area contributed by atoms with E-state index >= 15 is 0 Å². The van der Waals surface area contributed by atoms with Crippen LogP contribution < -0.4 is 0 Å². The number of rotatable bonds is 3. The van der Waals surface area contributed by atoms with Crippen molar-refractivity contribution in [2.75, 3.05) is 0 Å². The quantitative estimate of drug-likeness (QED) is 0.875. The van der Waals surface area contributed by atoms with Gasteiger partial charge in [0.05, 0.1) is 11.7 Å². The number of benzene rings is 1. The number of hydrogen-bond acceptors (Lipinski definition) is 2. The maximum absolute atomic E-state index is 12.9. The van der Waals surface area contributed by atoms with Crippen molar-refractivity contribution in [2.24, 2.45) is 0 Å². The van der Waals surface area contributed by atoms with Crippen molar-refractivity contribution >= 4 is 11.6 Å². The highest BCUT2D eigenvalue weighted by atomic mass is 35.5. The van der Waals surface area contributed by atoms with Crippen LogP contribution in [0.2, 0.25) is 5.02 Å². The van der Waals surface area contributed by atoms with Crippen LogP contribution in [-0.2, 0) is 6.42 Å². The van der Waals surface area contributed by atoms with Gasteiger partial charge in [0.15, 0.2) is 0 Å². The number of halogens is 2. The lowest BCUT2D eigenvalue weighted by Gasteiger charge is -2.28. The van der Waals surface area contributed by atoms with Crippen LogP contribution in [0.4, 0.5) is 4.39 Å². The van der Waals surface area contributed by atoms with E-state index < -0.39 is 17.5 Å². The molecule has 0 radical (unpaired) electrons. The van der Waals surface area contributed by atoms with Gasteiger partial charge in [0.2, 0.25) is 0 Å². The lowest BCUT2D eigenvalue weighted by atomic mass is 9.90. The van der Waals surface area contributed by atoms with Gasteiger partial charge >= 0.3 is 0 Å². The van der Waals surface area contributed by atoms with Gasteiger partial charge in [-0.25, -0.2) is 4.39 Å². The highest BCUT2D eigenvalue weighted by Gasteiger charge is 2.38. The molecule has 4 heteroatoms. The first-order valence-corrected chi connectivity index (χ1v) is 6.23. The average molecular weight is 259 g/mol. The largest absolute Gasteiger partial charge is 0.390 e. The summed E-state index contributed by atoms with van der Waals surface area (Å²) in [5.41, 5.74) is -0.335. The first kappa shape index (κ1) is 12.8. The van der Waals surface area contributed by atoms with Crippen LogP contribution in [0.3, 0.4) is 0 Å². The molecule has 2 N–H and O–H groups in total. The molecule has 0 saturated heterocycles. The molecule has 1 aliphatic carbocycles. The third kappa shape index (κ3) is 2.79. The van der Waals surface area contributed by atoms with Gasteiger partial charge in [-0.05, 0) is 30.5 Å². The standard InChI is InChI=1S/C13H16ClFO2/c14-11-8-10(15)4-3-9(11)7-12(16)13(17)5-1-2-6-13/h3-4,8,12,16-17H,1-2,5-7H2. The van der Waals surface area contributed by atoms with Crippen LogP contribution in [0, 0.1) is 5.82 Å². The summed E-state index contributed by atoms with van der Waals surface area (Å²) in [7, 11) is 0. The van der Waals surface area contributed by atoms with Gasteiger partial charge in [0.1, 0.15) is 5.82 Å². The Morgan fingerprint density at radius 1 is 1.35 bits per heavy atom. The second-order valence-electron chi connectivity index (χ2n) is 4.77. The van der Waals surface area contributed by atoms with Crippen molar-refractivity contribution < 1.29 is 14.6 Å². The van der Waals surface area contributed by atoms with E-state index in [0.29, 0.717) is 23.4 Å². The Morgan fingerprint density at radius 3 is 2.59 bits per heavy atom. The van der Waals surface area contributed by atoms with Gasteiger partial charge in [0.25, 0.3) is 0 Å². The van der Waals surface area contributed by atoms with E-state index in [0.717, 1.165) is 12.8 Å². The molecule has 2 rings (SSSR count). The molecular weight excluding hydrogens is 243 g/mol. The highest BCUT2D eigenvalue weighted by molar-refractivity contribution is 6.31. The summed E-state index contributed by atoms with van der Waals surface area (Å²) >= 11 is 5.89. The smallest absolute Gasteiger partial charge is 0.124 e. The van der Waals surface area contributed by atoms with Crippen LogP contribution in [0.15, 0.2) is 18.2 Å². The third-order valence-electron chi connectivity index (χ3n) is 3.52. The maximum atomic E-state index is 12.9. The molecule has 17 heavy (non-hydrogen) atoms. The molecule has 0 aliphatic heterocycles. The molecule has 1 aromatic carbocycles. The van der Waals surface area contributed by atoms with Gasteiger partial charge in [0, 0.05) is 11.4 Å². The first-order chi connectivity index (χ1) is 8.01. The molecule has 1 atom stereocenters. The van der Waals surface area contributed by atoms with Gasteiger partial charge in [-0.2, -0.15) is 0 Å². The van der Waals surface area contributed by atoms with Crippen molar-refractivity contribution in [2.45, 2.75) is 43.8 Å². The van der Waals surface area contributed by atoms with E-state index in [-0.39, 0.29) is 6.42 Å². The predicted molar refractivity (Wildman–Crippen MR) is 64.5 cm³/mol.